The number of ether oxygens (including phenoxy) is 1. The van der Waals surface area contributed by atoms with Gasteiger partial charge in [0.25, 0.3) is 5.95 Å². The van der Waals surface area contributed by atoms with Crippen molar-refractivity contribution >= 4 is 45.9 Å². The fourth-order valence-corrected chi connectivity index (χ4v) is 4.53. The van der Waals surface area contributed by atoms with Crippen LogP contribution >= 0.6 is 11.6 Å². The van der Waals surface area contributed by atoms with Crippen LogP contribution in [0.3, 0.4) is 0 Å². The van der Waals surface area contributed by atoms with Gasteiger partial charge in [-0.25, -0.2) is 13.8 Å². The standard InChI is InChI=1S/C27H23ClF2N8O2/c1-40-22(39)14-37(13-15-5-4-7-17(28)9-15)24-25(31)34-27(35-26(24)32)38-21-11-18(29)12-33-23(21)20(36-38)10-16-6-2-3-8-19(16)30/h2-9,11-12H,10,13-14H2,1H3,(H4,31,32,34,35). The van der Waals surface area contributed by atoms with Gasteiger partial charge in [0.1, 0.15) is 29.4 Å². The highest BCUT2D eigenvalue weighted by molar-refractivity contribution is 6.30. The van der Waals surface area contributed by atoms with Gasteiger partial charge in [0.2, 0.25) is 0 Å². The molecule has 0 spiro atoms. The van der Waals surface area contributed by atoms with Gasteiger partial charge in [0.05, 0.1) is 24.5 Å². The lowest BCUT2D eigenvalue weighted by Crippen LogP contribution is -2.32. The predicted molar refractivity (Wildman–Crippen MR) is 147 cm³/mol. The number of nitrogens with zero attached hydrogens (tertiary/aromatic N) is 6. The van der Waals surface area contributed by atoms with E-state index in [1.165, 1.54) is 23.9 Å². The number of aromatic nitrogens is 5. The second-order valence-electron chi connectivity index (χ2n) is 8.85. The Balaban J connectivity index is 1.58. The average Bonchev–Trinajstić information content (AvgIpc) is 3.26. The van der Waals surface area contributed by atoms with E-state index in [-0.39, 0.29) is 48.3 Å². The van der Waals surface area contributed by atoms with Crippen molar-refractivity contribution < 1.29 is 18.3 Å². The number of esters is 1. The molecule has 5 rings (SSSR count). The van der Waals surface area contributed by atoms with E-state index in [1.807, 2.05) is 6.07 Å². The van der Waals surface area contributed by atoms with Gasteiger partial charge in [-0.1, -0.05) is 41.9 Å². The Hall–Kier alpha value is -4.84. The Labute approximate surface area is 232 Å². The Bertz CT molecular complexity index is 1710. The average molecular weight is 565 g/mol. The molecular weight excluding hydrogens is 542 g/mol. The number of fused-ring (bicyclic) bond motifs is 1. The maximum absolute atomic E-state index is 14.4. The van der Waals surface area contributed by atoms with Crippen molar-refractivity contribution in [1.82, 2.24) is 24.7 Å². The molecule has 10 nitrogen and oxygen atoms in total. The van der Waals surface area contributed by atoms with Crippen molar-refractivity contribution in [2.45, 2.75) is 13.0 Å². The van der Waals surface area contributed by atoms with Gasteiger partial charge in [-0.2, -0.15) is 19.7 Å². The van der Waals surface area contributed by atoms with E-state index in [4.69, 9.17) is 27.8 Å². The molecular formula is C27H23ClF2N8O2. The number of nitrogens with two attached hydrogens (primary N) is 2. The summed E-state index contributed by atoms with van der Waals surface area (Å²) in [7, 11) is 1.26. The van der Waals surface area contributed by atoms with Crippen LogP contribution in [0, 0.1) is 11.6 Å². The van der Waals surface area contributed by atoms with Crippen LogP contribution in [0.2, 0.25) is 5.02 Å². The minimum atomic E-state index is -0.616. The Kier molecular flexibility index (Phi) is 7.43. The summed E-state index contributed by atoms with van der Waals surface area (Å²) < 4.78 is 34.7. The van der Waals surface area contributed by atoms with Gasteiger partial charge in [-0.15, -0.1) is 0 Å². The predicted octanol–water partition coefficient (Wildman–Crippen LogP) is 4.08. The summed E-state index contributed by atoms with van der Waals surface area (Å²) in [6, 6.07) is 14.5. The lowest BCUT2D eigenvalue weighted by Gasteiger charge is -2.25. The van der Waals surface area contributed by atoms with Crippen LogP contribution in [0.4, 0.5) is 26.1 Å². The van der Waals surface area contributed by atoms with Gasteiger partial charge < -0.3 is 21.1 Å². The quantitative estimate of drug-likeness (QED) is 0.267. The molecule has 0 aliphatic rings. The normalized spacial score (nSPS) is 11.1. The highest BCUT2D eigenvalue weighted by Gasteiger charge is 2.23. The minimum Gasteiger partial charge on any atom is -0.468 e. The van der Waals surface area contributed by atoms with Crippen molar-refractivity contribution in [2.24, 2.45) is 0 Å². The highest BCUT2D eigenvalue weighted by Crippen LogP contribution is 2.31. The number of halogens is 3. The lowest BCUT2D eigenvalue weighted by atomic mass is 10.1. The van der Waals surface area contributed by atoms with Crippen LogP contribution in [0.15, 0.2) is 60.8 Å². The van der Waals surface area contributed by atoms with Crippen LogP contribution in [0.1, 0.15) is 16.8 Å². The molecule has 0 aliphatic heterocycles. The SMILES string of the molecule is COC(=O)CN(Cc1cccc(Cl)c1)c1c(N)nc(-n2nc(Cc3ccccc3F)c3ncc(F)cc32)nc1N. The first-order valence-electron chi connectivity index (χ1n) is 12.0. The number of rotatable bonds is 8. The molecule has 0 aliphatic carbocycles. The van der Waals surface area contributed by atoms with E-state index in [0.29, 0.717) is 21.8 Å². The third-order valence-electron chi connectivity index (χ3n) is 6.11. The van der Waals surface area contributed by atoms with Crippen molar-refractivity contribution in [3.8, 4) is 5.95 Å². The zero-order valence-corrected chi connectivity index (χ0v) is 21.9. The molecule has 0 amide bonds. The van der Waals surface area contributed by atoms with Crippen LogP contribution in [0.5, 0.6) is 0 Å². The van der Waals surface area contributed by atoms with Crippen LogP contribution in [-0.2, 0) is 22.5 Å². The number of nitrogen functional groups attached to an aromatic ring is 2. The first-order valence-corrected chi connectivity index (χ1v) is 12.4. The molecule has 204 valence electrons. The number of hydrogen-bond donors (Lipinski definition) is 2. The van der Waals surface area contributed by atoms with Gasteiger partial charge in [0, 0.05) is 24.1 Å². The highest BCUT2D eigenvalue weighted by atomic mass is 35.5. The van der Waals surface area contributed by atoms with E-state index in [2.05, 4.69) is 20.1 Å². The number of carbonyl (C=O) groups excluding carboxylic acids is 1. The largest absolute Gasteiger partial charge is 0.468 e. The molecule has 3 aromatic heterocycles. The number of pyridine rings is 1. The molecule has 3 heterocycles. The number of benzene rings is 2. The van der Waals surface area contributed by atoms with Crippen molar-refractivity contribution in [1.29, 1.82) is 0 Å². The molecule has 2 aromatic carbocycles. The molecule has 0 fully saturated rings. The van der Waals surface area contributed by atoms with Gasteiger partial charge in [-0.05, 0) is 29.3 Å². The summed E-state index contributed by atoms with van der Waals surface area (Å²) in [5.41, 5.74) is 15.0. The number of hydrogen-bond acceptors (Lipinski definition) is 9. The zero-order valence-electron chi connectivity index (χ0n) is 21.2. The third-order valence-corrected chi connectivity index (χ3v) is 6.35. The maximum atomic E-state index is 14.4. The molecule has 0 saturated carbocycles. The molecule has 40 heavy (non-hydrogen) atoms. The summed E-state index contributed by atoms with van der Waals surface area (Å²) in [5, 5.41) is 5.03. The van der Waals surface area contributed by atoms with E-state index >= 15 is 0 Å². The summed E-state index contributed by atoms with van der Waals surface area (Å²) in [4.78, 5) is 26.7. The van der Waals surface area contributed by atoms with Crippen molar-refractivity contribution in [2.75, 3.05) is 30.0 Å². The number of carbonyl (C=O) groups is 1. The summed E-state index contributed by atoms with van der Waals surface area (Å²) in [6.07, 6.45) is 1.14. The van der Waals surface area contributed by atoms with Crippen LogP contribution in [-0.4, -0.2) is 44.4 Å². The van der Waals surface area contributed by atoms with Crippen molar-refractivity contribution in [3.63, 3.8) is 0 Å². The summed E-state index contributed by atoms with van der Waals surface area (Å²) >= 11 is 6.13. The van der Waals surface area contributed by atoms with E-state index in [9.17, 15) is 13.6 Å². The second-order valence-corrected chi connectivity index (χ2v) is 9.29. The molecule has 0 saturated heterocycles. The smallest absolute Gasteiger partial charge is 0.325 e. The van der Waals surface area contributed by atoms with Crippen molar-refractivity contribution in [3.05, 3.63) is 94.3 Å². The summed E-state index contributed by atoms with van der Waals surface area (Å²) in [5.74, 6) is -1.74. The Morgan fingerprint density at radius 2 is 1.82 bits per heavy atom. The van der Waals surface area contributed by atoms with Gasteiger partial charge in [0.15, 0.2) is 11.6 Å². The number of methoxy groups -OCH3 is 1. The molecule has 13 heteroatoms. The Morgan fingerprint density at radius 3 is 2.52 bits per heavy atom. The van der Waals surface area contributed by atoms with Crippen LogP contribution in [0.25, 0.3) is 17.0 Å². The van der Waals surface area contributed by atoms with E-state index in [1.54, 1.807) is 41.3 Å². The first kappa shape index (κ1) is 26.8. The summed E-state index contributed by atoms with van der Waals surface area (Å²) in [6.45, 7) is -0.00781. The van der Waals surface area contributed by atoms with E-state index < -0.39 is 17.6 Å². The van der Waals surface area contributed by atoms with E-state index in [0.717, 1.165) is 11.8 Å². The minimum absolute atomic E-state index is 0.0582. The zero-order chi connectivity index (χ0) is 28.4. The molecule has 0 unspecified atom stereocenters. The second kappa shape index (κ2) is 11.1. The molecule has 0 atom stereocenters. The molecule has 5 aromatic rings. The Morgan fingerprint density at radius 1 is 1.07 bits per heavy atom. The topological polar surface area (TPSA) is 138 Å². The maximum Gasteiger partial charge on any atom is 0.325 e. The first-order chi connectivity index (χ1) is 19.2. The fourth-order valence-electron chi connectivity index (χ4n) is 4.31. The molecule has 0 bridgehead atoms. The lowest BCUT2D eigenvalue weighted by molar-refractivity contribution is -0.138. The van der Waals surface area contributed by atoms with Crippen LogP contribution < -0.4 is 16.4 Å². The number of anilines is 3. The van der Waals surface area contributed by atoms with Gasteiger partial charge in [-0.3, -0.25) is 4.79 Å². The fraction of sp³-hybridized carbons (Fsp3) is 0.148. The third kappa shape index (κ3) is 5.47. The van der Waals surface area contributed by atoms with Gasteiger partial charge >= 0.3 is 5.97 Å². The molecule has 4 N–H and O–H groups in total. The monoisotopic (exact) mass is 564 g/mol. The molecule has 0 radical (unpaired) electrons.